The highest BCUT2D eigenvalue weighted by molar-refractivity contribution is 6.07. The van der Waals surface area contributed by atoms with E-state index in [-0.39, 0.29) is 35.5 Å². The fraction of sp³-hybridized carbons (Fsp3) is 0.538. The molecule has 3 aliphatic rings. The van der Waals surface area contributed by atoms with Crippen LogP contribution in [0.15, 0.2) is 23.8 Å². The Balaban J connectivity index is 2.03. The predicted octanol–water partition coefficient (Wildman–Crippen LogP) is 1.27. The lowest BCUT2D eigenvalue weighted by molar-refractivity contribution is -0.126. The molecule has 0 aromatic rings. The SMILES string of the molecule is CC(C)C=C1[C@H]2C=C[C@@H]1[C@H]1C(=O)NC(=O)[C@H]12. The van der Waals surface area contributed by atoms with Gasteiger partial charge in [-0.3, -0.25) is 14.9 Å². The van der Waals surface area contributed by atoms with Crippen LogP contribution in [0.5, 0.6) is 0 Å². The zero-order valence-corrected chi connectivity index (χ0v) is 9.44. The molecule has 1 saturated carbocycles. The summed E-state index contributed by atoms with van der Waals surface area (Å²) in [5.74, 6) is 0.382. The second-order valence-electron chi connectivity index (χ2n) is 5.25. The van der Waals surface area contributed by atoms with E-state index in [2.05, 4.69) is 37.4 Å². The van der Waals surface area contributed by atoms with Crippen molar-refractivity contribution < 1.29 is 9.59 Å². The number of rotatable bonds is 1. The number of hydrogen-bond donors (Lipinski definition) is 1. The van der Waals surface area contributed by atoms with Gasteiger partial charge >= 0.3 is 0 Å². The smallest absolute Gasteiger partial charge is 0.231 e. The van der Waals surface area contributed by atoms with E-state index in [1.807, 2.05) is 0 Å². The van der Waals surface area contributed by atoms with Crippen LogP contribution in [0.1, 0.15) is 13.8 Å². The number of carbonyl (C=O) groups is 2. The third-order valence-electron chi connectivity index (χ3n) is 3.83. The minimum absolute atomic E-state index is 0.0819. The molecule has 16 heavy (non-hydrogen) atoms. The fourth-order valence-electron chi connectivity index (χ4n) is 3.33. The maximum absolute atomic E-state index is 11.7. The van der Waals surface area contributed by atoms with Gasteiger partial charge in [-0.25, -0.2) is 0 Å². The highest BCUT2D eigenvalue weighted by Crippen LogP contribution is 2.54. The van der Waals surface area contributed by atoms with E-state index in [4.69, 9.17) is 0 Å². The summed E-state index contributed by atoms with van der Waals surface area (Å²) in [6, 6.07) is 0. The Morgan fingerprint density at radius 2 is 1.62 bits per heavy atom. The van der Waals surface area contributed by atoms with Crippen molar-refractivity contribution in [1.29, 1.82) is 0 Å². The number of nitrogens with one attached hydrogen (secondary N) is 1. The van der Waals surface area contributed by atoms with Crippen molar-refractivity contribution in [3.63, 3.8) is 0 Å². The van der Waals surface area contributed by atoms with Crippen molar-refractivity contribution in [2.75, 3.05) is 0 Å². The number of amides is 2. The molecule has 0 spiro atoms. The summed E-state index contributed by atoms with van der Waals surface area (Å²) < 4.78 is 0. The zero-order valence-electron chi connectivity index (χ0n) is 9.44. The molecule has 1 heterocycles. The molecule has 3 nitrogen and oxygen atoms in total. The van der Waals surface area contributed by atoms with Gasteiger partial charge in [0.25, 0.3) is 0 Å². The standard InChI is InChI=1S/C13H15NO2/c1-6(2)5-9-7-3-4-8(9)11-10(7)12(15)14-13(11)16/h3-8,10-11H,1-2H3,(H,14,15,16)/t7-,8+,10+,11-. The summed E-state index contributed by atoms with van der Waals surface area (Å²) in [5, 5.41) is 2.45. The van der Waals surface area contributed by atoms with Crippen molar-refractivity contribution in [3.8, 4) is 0 Å². The maximum Gasteiger partial charge on any atom is 0.231 e. The largest absolute Gasteiger partial charge is 0.296 e. The Morgan fingerprint density at radius 1 is 1.12 bits per heavy atom. The molecule has 0 aromatic carbocycles. The number of carbonyl (C=O) groups excluding carboxylic acids is 2. The summed E-state index contributed by atoms with van der Waals surface area (Å²) in [6.45, 7) is 4.25. The van der Waals surface area contributed by atoms with Crippen LogP contribution < -0.4 is 5.32 Å². The molecule has 0 radical (unpaired) electrons. The van der Waals surface area contributed by atoms with E-state index < -0.39 is 0 Å². The van der Waals surface area contributed by atoms with Crippen LogP contribution >= 0.6 is 0 Å². The molecular weight excluding hydrogens is 202 g/mol. The Morgan fingerprint density at radius 3 is 2.06 bits per heavy atom. The lowest BCUT2D eigenvalue weighted by Crippen LogP contribution is -2.25. The van der Waals surface area contributed by atoms with Crippen LogP contribution in [0.2, 0.25) is 0 Å². The third-order valence-corrected chi connectivity index (χ3v) is 3.83. The molecule has 2 aliphatic carbocycles. The molecule has 1 saturated heterocycles. The summed E-state index contributed by atoms with van der Waals surface area (Å²) in [7, 11) is 0. The first kappa shape index (κ1) is 9.82. The minimum atomic E-state index is -0.132. The second-order valence-corrected chi connectivity index (χ2v) is 5.25. The van der Waals surface area contributed by atoms with Gasteiger partial charge in [0.1, 0.15) is 0 Å². The molecule has 3 heteroatoms. The van der Waals surface area contributed by atoms with E-state index in [9.17, 15) is 9.59 Å². The molecule has 1 N–H and O–H groups in total. The van der Waals surface area contributed by atoms with Gasteiger partial charge in [0, 0.05) is 11.8 Å². The zero-order chi connectivity index (χ0) is 11.4. The van der Waals surface area contributed by atoms with Gasteiger partial charge in [-0.15, -0.1) is 0 Å². The second kappa shape index (κ2) is 3.06. The van der Waals surface area contributed by atoms with E-state index in [1.54, 1.807) is 0 Å². The van der Waals surface area contributed by atoms with Crippen molar-refractivity contribution in [3.05, 3.63) is 23.8 Å². The molecule has 3 rings (SSSR count). The highest BCUT2D eigenvalue weighted by Gasteiger charge is 2.58. The first-order valence-electron chi connectivity index (χ1n) is 5.84. The van der Waals surface area contributed by atoms with Crippen LogP contribution in [0.3, 0.4) is 0 Å². The Hall–Kier alpha value is -1.38. The van der Waals surface area contributed by atoms with Gasteiger partial charge in [0.2, 0.25) is 11.8 Å². The Bertz CT molecular complexity index is 401. The van der Waals surface area contributed by atoms with Crippen molar-refractivity contribution in [2.45, 2.75) is 13.8 Å². The van der Waals surface area contributed by atoms with E-state index >= 15 is 0 Å². The normalized spacial score (nSPS) is 42.3. The lowest BCUT2D eigenvalue weighted by atomic mass is 9.85. The van der Waals surface area contributed by atoms with Crippen LogP contribution in [0, 0.1) is 29.6 Å². The lowest BCUT2D eigenvalue weighted by Gasteiger charge is -2.13. The van der Waals surface area contributed by atoms with Crippen molar-refractivity contribution >= 4 is 11.8 Å². The topological polar surface area (TPSA) is 46.2 Å². The maximum atomic E-state index is 11.7. The minimum Gasteiger partial charge on any atom is -0.296 e. The van der Waals surface area contributed by atoms with Gasteiger partial charge in [-0.1, -0.05) is 37.6 Å². The summed E-state index contributed by atoms with van der Waals surface area (Å²) >= 11 is 0. The summed E-state index contributed by atoms with van der Waals surface area (Å²) in [5.41, 5.74) is 1.29. The van der Waals surface area contributed by atoms with Gasteiger partial charge in [-0.2, -0.15) is 0 Å². The molecule has 2 fully saturated rings. The monoisotopic (exact) mass is 217 g/mol. The Labute approximate surface area is 94.6 Å². The third kappa shape index (κ3) is 1.09. The van der Waals surface area contributed by atoms with E-state index in [0.29, 0.717) is 5.92 Å². The van der Waals surface area contributed by atoms with Gasteiger partial charge in [-0.05, 0) is 5.92 Å². The van der Waals surface area contributed by atoms with Crippen molar-refractivity contribution in [2.24, 2.45) is 29.6 Å². The molecule has 1 aliphatic heterocycles. The average Bonchev–Trinajstić information content (AvgIpc) is 2.79. The first-order chi connectivity index (χ1) is 7.59. The van der Waals surface area contributed by atoms with Crippen LogP contribution in [0.25, 0.3) is 0 Å². The molecule has 2 bridgehead atoms. The van der Waals surface area contributed by atoms with Crippen molar-refractivity contribution in [1.82, 2.24) is 5.32 Å². The van der Waals surface area contributed by atoms with Crippen LogP contribution in [-0.4, -0.2) is 11.8 Å². The van der Waals surface area contributed by atoms with Gasteiger partial charge < -0.3 is 0 Å². The molecule has 84 valence electrons. The number of fused-ring (bicyclic) bond motifs is 5. The van der Waals surface area contributed by atoms with Gasteiger partial charge in [0.05, 0.1) is 11.8 Å². The summed E-state index contributed by atoms with van der Waals surface area (Å²) in [4.78, 5) is 23.4. The van der Waals surface area contributed by atoms with Crippen LogP contribution in [-0.2, 0) is 9.59 Å². The molecule has 4 atom stereocenters. The number of allylic oxidation sites excluding steroid dienone is 4. The highest BCUT2D eigenvalue weighted by atomic mass is 16.2. The number of hydrogen-bond acceptors (Lipinski definition) is 2. The summed E-state index contributed by atoms with van der Waals surface area (Å²) in [6.07, 6.45) is 6.41. The predicted molar refractivity (Wildman–Crippen MR) is 59.2 cm³/mol. The molecule has 2 amide bonds. The van der Waals surface area contributed by atoms with Gasteiger partial charge in [0.15, 0.2) is 0 Å². The van der Waals surface area contributed by atoms with E-state index in [0.717, 1.165) is 0 Å². The molecule has 0 aromatic heterocycles. The number of imide groups is 1. The quantitative estimate of drug-likeness (QED) is 0.531. The average molecular weight is 217 g/mol. The first-order valence-corrected chi connectivity index (χ1v) is 5.84. The Kier molecular flexibility index (Phi) is 1.88. The van der Waals surface area contributed by atoms with E-state index in [1.165, 1.54) is 5.57 Å². The fourth-order valence-corrected chi connectivity index (χ4v) is 3.33. The van der Waals surface area contributed by atoms with Crippen LogP contribution in [0.4, 0.5) is 0 Å². The molecule has 0 unspecified atom stereocenters. The molecular formula is C13H15NO2.